The van der Waals surface area contributed by atoms with Gasteiger partial charge in [0.2, 0.25) is 5.65 Å². The van der Waals surface area contributed by atoms with Crippen LogP contribution in [0.5, 0.6) is 0 Å². The van der Waals surface area contributed by atoms with E-state index in [4.69, 9.17) is 15.7 Å². The first kappa shape index (κ1) is 22.3. The van der Waals surface area contributed by atoms with Crippen molar-refractivity contribution in [2.24, 2.45) is 24.6 Å². The Morgan fingerprint density at radius 3 is 2.86 bits per heavy atom. The van der Waals surface area contributed by atoms with E-state index in [0.717, 1.165) is 52.6 Å². The molecule has 0 unspecified atom stereocenters. The Bertz CT molecular complexity index is 1690. The first-order chi connectivity index (χ1) is 17.9. The molecule has 7 rings (SSSR count). The largest absolute Gasteiger partial charge is 0.355 e. The molecule has 1 aliphatic heterocycles. The number of piperidine rings is 1. The van der Waals surface area contributed by atoms with Crippen molar-refractivity contribution in [3.63, 3.8) is 0 Å². The van der Waals surface area contributed by atoms with Gasteiger partial charge in [-0.05, 0) is 48.4 Å². The summed E-state index contributed by atoms with van der Waals surface area (Å²) in [4.78, 5) is 11.7. The van der Waals surface area contributed by atoms with E-state index in [-0.39, 0.29) is 11.8 Å². The maximum absolute atomic E-state index is 14.7. The zero-order chi connectivity index (χ0) is 25.5. The lowest BCUT2D eigenvalue weighted by Crippen LogP contribution is -2.32. The van der Waals surface area contributed by atoms with Crippen molar-refractivity contribution in [2.75, 3.05) is 24.5 Å². The molecule has 0 amide bonds. The Morgan fingerprint density at radius 2 is 2.05 bits per heavy atom. The summed E-state index contributed by atoms with van der Waals surface area (Å²) in [7, 11) is 1.91. The zero-order valence-corrected chi connectivity index (χ0v) is 20.5. The van der Waals surface area contributed by atoms with E-state index in [0.29, 0.717) is 29.8 Å². The second-order valence-corrected chi connectivity index (χ2v) is 10.3. The molecule has 5 aromatic rings. The van der Waals surface area contributed by atoms with Crippen molar-refractivity contribution in [3.8, 4) is 11.3 Å². The summed E-state index contributed by atoms with van der Waals surface area (Å²) in [6, 6.07) is 7.87. The highest BCUT2D eigenvalue weighted by molar-refractivity contribution is 5.94. The second kappa shape index (κ2) is 7.79. The third-order valence-electron chi connectivity index (χ3n) is 8.52. The average Bonchev–Trinajstić information content (AvgIpc) is 3.13. The first-order valence-corrected chi connectivity index (χ1v) is 12.5. The molecule has 37 heavy (non-hydrogen) atoms. The highest BCUT2D eigenvalue weighted by Gasteiger charge is 2.66. The molecular weight excluding hydrogens is 474 g/mol. The molecule has 10 heteroatoms. The highest BCUT2D eigenvalue weighted by Crippen LogP contribution is 2.63. The number of anilines is 1. The maximum Gasteiger partial charge on any atom is 0.202 e. The number of hydrogen-bond acceptors (Lipinski definition) is 6. The van der Waals surface area contributed by atoms with Crippen molar-refractivity contribution in [2.45, 2.75) is 18.8 Å². The lowest BCUT2D eigenvalue weighted by Gasteiger charge is -2.26. The summed E-state index contributed by atoms with van der Waals surface area (Å²) in [5.41, 5.74) is 11.4. The second-order valence-electron chi connectivity index (χ2n) is 10.3. The molecule has 3 atom stereocenters. The summed E-state index contributed by atoms with van der Waals surface area (Å²) >= 11 is 0. The van der Waals surface area contributed by atoms with Gasteiger partial charge in [-0.25, -0.2) is 18.7 Å². The van der Waals surface area contributed by atoms with E-state index in [1.54, 1.807) is 12.3 Å². The molecule has 2 aromatic carbocycles. The van der Waals surface area contributed by atoms with Gasteiger partial charge in [-0.3, -0.25) is 9.78 Å². The fourth-order valence-electron chi connectivity index (χ4n) is 6.61. The van der Waals surface area contributed by atoms with Gasteiger partial charge in [0.15, 0.2) is 0 Å². The Balaban J connectivity index is 1.19. The summed E-state index contributed by atoms with van der Waals surface area (Å²) < 4.78 is 30.1. The van der Waals surface area contributed by atoms with E-state index in [2.05, 4.69) is 27.1 Å². The molecule has 3 aromatic heterocycles. The van der Waals surface area contributed by atoms with Crippen LogP contribution in [0.1, 0.15) is 17.5 Å². The molecule has 0 radical (unpaired) electrons. The van der Waals surface area contributed by atoms with Crippen molar-refractivity contribution in [1.29, 1.82) is 0 Å². The van der Waals surface area contributed by atoms with Crippen molar-refractivity contribution in [3.05, 3.63) is 65.5 Å². The smallest absolute Gasteiger partial charge is 0.202 e. The molecule has 2 aliphatic rings. The van der Waals surface area contributed by atoms with Crippen LogP contribution in [-0.2, 0) is 12.5 Å². The summed E-state index contributed by atoms with van der Waals surface area (Å²) in [5, 5.41) is 13.2. The minimum Gasteiger partial charge on any atom is -0.355 e. The van der Waals surface area contributed by atoms with Crippen LogP contribution in [0.2, 0.25) is 0 Å². The van der Waals surface area contributed by atoms with Gasteiger partial charge in [0.25, 0.3) is 0 Å². The molecule has 0 bridgehead atoms. The molecule has 2 fully saturated rings. The number of rotatable bonds is 4. The number of nitrogens with zero attached hydrogens (tertiary/aromatic N) is 6. The lowest BCUT2D eigenvalue weighted by atomic mass is 9.90. The molecule has 188 valence electrons. The number of aromatic nitrogens is 6. The number of aryl methyl sites for hydroxylation is 2. The van der Waals surface area contributed by atoms with Crippen LogP contribution >= 0.6 is 0 Å². The summed E-state index contributed by atoms with van der Waals surface area (Å²) in [6.45, 7) is 3.85. The van der Waals surface area contributed by atoms with E-state index in [1.165, 1.54) is 6.07 Å². The molecule has 1 saturated heterocycles. The van der Waals surface area contributed by atoms with Crippen molar-refractivity contribution >= 4 is 27.9 Å². The Kier molecular flexibility index (Phi) is 4.69. The van der Waals surface area contributed by atoms with E-state index < -0.39 is 17.0 Å². The highest BCUT2D eigenvalue weighted by atomic mass is 19.1. The van der Waals surface area contributed by atoms with E-state index >= 15 is 0 Å². The van der Waals surface area contributed by atoms with Gasteiger partial charge >= 0.3 is 0 Å². The molecule has 1 aliphatic carbocycles. The van der Waals surface area contributed by atoms with Crippen LogP contribution in [0.4, 0.5) is 14.6 Å². The molecule has 3 N–H and O–H groups in total. The van der Waals surface area contributed by atoms with Gasteiger partial charge < -0.3 is 10.6 Å². The number of hydrogen-bond donors (Lipinski definition) is 2. The monoisotopic (exact) mass is 500 g/mol. The fourth-order valence-corrected chi connectivity index (χ4v) is 6.61. The Morgan fingerprint density at radius 1 is 1.19 bits per heavy atom. The molecule has 1 saturated carbocycles. The topological polar surface area (TPSA) is 102 Å². The van der Waals surface area contributed by atoms with Gasteiger partial charge in [-0.1, -0.05) is 12.1 Å². The molecule has 8 nitrogen and oxygen atoms in total. The van der Waals surface area contributed by atoms with Crippen LogP contribution < -0.4 is 10.6 Å². The van der Waals surface area contributed by atoms with E-state index in [1.807, 2.05) is 30.1 Å². The van der Waals surface area contributed by atoms with E-state index in [9.17, 15) is 8.78 Å². The number of H-pyrrole nitrogens is 1. The van der Waals surface area contributed by atoms with Crippen LogP contribution in [0, 0.1) is 30.4 Å². The Hall–Kier alpha value is -3.92. The van der Waals surface area contributed by atoms with Gasteiger partial charge in [0, 0.05) is 55.3 Å². The predicted octanol–water partition coefficient (Wildman–Crippen LogP) is 3.85. The number of aromatic amines is 1. The van der Waals surface area contributed by atoms with Crippen LogP contribution in [-0.4, -0.2) is 49.6 Å². The third kappa shape index (κ3) is 3.14. The molecular formula is C27H26F2N8. The number of fused-ring (bicyclic) bond motifs is 3. The number of nitrogens with two attached hydrogens (primary N) is 1. The van der Waals surface area contributed by atoms with Gasteiger partial charge in [-0.2, -0.15) is 10.2 Å². The van der Waals surface area contributed by atoms with Crippen LogP contribution in [0.25, 0.3) is 33.3 Å². The van der Waals surface area contributed by atoms with Crippen molar-refractivity contribution in [1.82, 2.24) is 29.9 Å². The normalized spacial score (nSPS) is 23.1. The number of halogens is 2. The average molecular weight is 501 g/mol. The minimum absolute atomic E-state index is 0.173. The quantitative estimate of drug-likeness (QED) is 0.389. The summed E-state index contributed by atoms with van der Waals surface area (Å²) in [5.74, 6) is 0.0912. The number of benzene rings is 2. The predicted molar refractivity (Wildman–Crippen MR) is 137 cm³/mol. The van der Waals surface area contributed by atoms with Gasteiger partial charge in [-0.15, -0.1) is 0 Å². The van der Waals surface area contributed by atoms with Crippen molar-refractivity contribution < 1.29 is 8.78 Å². The van der Waals surface area contributed by atoms with Crippen LogP contribution in [0.15, 0.2) is 42.7 Å². The van der Waals surface area contributed by atoms with Gasteiger partial charge in [0.1, 0.15) is 23.0 Å². The first-order valence-electron chi connectivity index (χ1n) is 12.5. The van der Waals surface area contributed by atoms with Gasteiger partial charge in [0.05, 0.1) is 17.4 Å². The fraction of sp³-hybridized carbons (Fsp3) is 0.333. The molecule has 0 spiro atoms. The standard InChI is InChI=1S/C27H26F2N8/c1-14-16(4-6-22-17(14)11-36(2)35-22)24-25-26(34-33-24)32-23(10-31-25)37-8-7-18-20(12-37)27(18,13-30)19-5-3-15(28)9-21(19)29/h3-6,9-11,18,20H,7-8,12-13,30H2,1-2H3,(H,32,33,34)/t18-,20+,27-/m1/s1. The number of nitrogens with one attached hydrogen (secondary N) is 1. The SMILES string of the molecule is Cc1c(-c2[nH]nc3nc(N4CC[C@@H]5[C@H](C4)[C@@]5(CN)c4ccc(F)cc4F)cnc23)ccc2nn(C)cc12. The lowest BCUT2D eigenvalue weighted by molar-refractivity contribution is 0.522. The Labute approximate surface area is 211 Å². The third-order valence-corrected chi connectivity index (χ3v) is 8.52. The van der Waals surface area contributed by atoms with Crippen LogP contribution in [0.3, 0.4) is 0 Å². The summed E-state index contributed by atoms with van der Waals surface area (Å²) in [6.07, 6.45) is 4.65. The minimum atomic E-state index is -0.573. The zero-order valence-electron chi connectivity index (χ0n) is 20.5. The maximum atomic E-state index is 14.7. The molecule has 4 heterocycles.